The Morgan fingerprint density at radius 3 is 1.94 bits per heavy atom. The fraction of sp³-hybridized carbons (Fsp3) is 0.667. The molecule has 14 heteroatoms. The molecule has 10 atom stereocenters. The number of hydrogen-bond donors (Lipinski definition) is 7. The number of hydrogen-bond acceptors (Lipinski definition) is 13. The van der Waals surface area contributed by atoms with Gasteiger partial charge in [0.1, 0.15) is 54.6 Å². The Morgan fingerprint density at radius 2 is 1.38 bits per heavy atom. The Morgan fingerprint density at radius 1 is 0.812 bits per heavy atom. The van der Waals surface area contributed by atoms with Crippen LogP contribution in [0.1, 0.15) is 0 Å². The smallest absolute Gasteiger partial charge is 0.269 e. The van der Waals surface area contributed by atoms with Gasteiger partial charge in [-0.05, 0) is 12.1 Å². The first-order chi connectivity index (χ1) is 15.2. The van der Waals surface area contributed by atoms with Crippen molar-refractivity contribution >= 4 is 5.69 Å². The first-order valence-corrected chi connectivity index (χ1v) is 9.67. The van der Waals surface area contributed by atoms with Crippen molar-refractivity contribution in [2.45, 2.75) is 61.4 Å². The zero-order valence-corrected chi connectivity index (χ0v) is 16.5. The number of nitro groups is 1. The molecule has 32 heavy (non-hydrogen) atoms. The van der Waals surface area contributed by atoms with E-state index in [0.717, 1.165) is 12.1 Å². The van der Waals surface area contributed by atoms with E-state index < -0.39 is 79.5 Å². The van der Waals surface area contributed by atoms with Crippen molar-refractivity contribution in [3.8, 4) is 5.75 Å². The molecule has 2 aliphatic heterocycles. The third kappa shape index (κ3) is 4.99. The summed E-state index contributed by atoms with van der Waals surface area (Å²) in [5.74, 6) is 0.0688. The van der Waals surface area contributed by atoms with Gasteiger partial charge in [0.05, 0.1) is 18.1 Å². The van der Waals surface area contributed by atoms with Crippen LogP contribution in [0.3, 0.4) is 0 Å². The van der Waals surface area contributed by atoms with Gasteiger partial charge in [-0.15, -0.1) is 0 Å². The summed E-state index contributed by atoms with van der Waals surface area (Å²) in [5.41, 5.74) is -0.199. The maximum absolute atomic E-state index is 10.8. The van der Waals surface area contributed by atoms with E-state index in [0.29, 0.717) is 0 Å². The second kappa shape index (κ2) is 10.3. The highest BCUT2D eigenvalue weighted by Gasteiger charge is 2.51. The van der Waals surface area contributed by atoms with Gasteiger partial charge < -0.3 is 54.7 Å². The third-order valence-corrected chi connectivity index (χ3v) is 5.26. The number of aliphatic hydroxyl groups excluding tert-OH is 7. The zero-order valence-electron chi connectivity index (χ0n) is 16.5. The number of benzene rings is 1. The van der Waals surface area contributed by atoms with Gasteiger partial charge in [0.25, 0.3) is 5.69 Å². The zero-order chi connectivity index (χ0) is 23.6. The highest BCUT2D eigenvalue weighted by molar-refractivity contribution is 5.36. The van der Waals surface area contributed by atoms with Gasteiger partial charge in [-0.2, -0.15) is 0 Å². The molecule has 0 amide bonds. The molecule has 1 aromatic carbocycles. The fourth-order valence-electron chi connectivity index (χ4n) is 3.43. The maximum Gasteiger partial charge on any atom is 0.269 e. The lowest BCUT2D eigenvalue weighted by Crippen LogP contribution is -2.65. The first kappa shape index (κ1) is 24.7. The van der Waals surface area contributed by atoms with Gasteiger partial charge in [0, 0.05) is 12.1 Å². The summed E-state index contributed by atoms with van der Waals surface area (Å²) < 4.78 is 21.5. The molecule has 0 aliphatic carbocycles. The van der Waals surface area contributed by atoms with Crippen LogP contribution in [-0.2, 0) is 14.2 Å². The fourth-order valence-corrected chi connectivity index (χ4v) is 3.43. The van der Waals surface area contributed by atoms with Gasteiger partial charge in [-0.1, -0.05) is 0 Å². The Balaban J connectivity index is 1.76. The highest BCUT2D eigenvalue weighted by atomic mass is 16.7. The molecule has 0 spiro atoms. The van der Waals surface area contributed by atoms with E-state index in [9.17, 15) is 45.9 Å². The van der Waals surface area contributed by atoms with Crippen molar-refractivity contribution in [3.63, 3.8) is 0 Å². The molecule has 3 rings (SSSR count). The average molecular weight is 463 g/mol. The average Bonchev–Trinajstić information content (AvgIpc) is 2.78. The molecule has 7 N–H and O–H groups in total. The molecular weight excluding hydrogens is 438 g/mol. The van der Waals surface area contributed by atoms with E-state index in [1.807, 2.05) is 0 Å². The summed E-state index contributed by atoms with van der Waals surface area (Å²) in [5, 5.41) is 80.6. The molecule has 0 aromatic heterocycles. The lowest BCUT2D eigenvalue weighted by molar-refractivity contribution is -0.384. The molecule has 2 heterocycles. The summed E-state index contributed by atoms with van der Waals surface area (Å²) in [6.07, 6.45) is -15.8. The van der Waals surface area contributed by atoms with Crippen LogP contribution in [0.2, 0.25) is 0 Å². The molecule has 1 aromatic rings. The molecule has 180 valence electrons. The van der Waals surface area contributed by atoms with Crippen LogP contribution in [0.15, 0.2) is 24.3 Å². The number of nitro benzene ring substituents is 1. The van der Waals surface area contributed by atoms with E-state index >= 15 is 0 Å². The number of nitrogens with zero attached hydrogens (tertiary/aromatic N) is 1. The SMILES string of the molecule is O=[N+]([O-])c1ccc(O[C@H]2O[C@H](CO)[C@@H](O)[C@H](O[C@H]3O[C@H](CO)[C@@H](O)[C@H](O)[C@@H]3O)[C@@H]2O)cc1. The molecular formula is C18H25NO13. The second-order valence-electron chi connectivity index (χ2n) is 7.37. The van der Waals surface area contributed by atoms with Crippen molar-refractivity contribution in [2.24, 2.45) is 0 Å². The monoisotopic (exact) mass is 463 g/mol. The van der Waals surface area contributed by atoms with Gasteiger partial charge in [0.15, 0.2) is 6.29 Å². The highest BCUT2D eigenvalue weighted by Crippen LogP contribution is 2.30. The van der Waals surface area contributed by atoms with Crippen molar-refractivity contribution < 1.29 is 59.6 Å². The quantitative estimate of drug-likeness (QED) is 0.155. The van der Waals surface area contributed by atoms with Gasteiger partial charge in [-0.25, -0.2) is 0 Å². The molecule has 2 fully saturated rings. The van der Waals surface area contributed by atoms with Crippen LogP contribution in [-0.4, -0.2) is 115 Å². The van der Waals surface area contributed by atoms with E-state index in [2.05, 4.69) is 0 Å². The van der Waals surface area contributed by atoms with Crippen LogP contribution in [0.4, 0.5) is 5.69 Å². The van der Waals surface area contributed by atoms with Crippen LogP contribution in [0, 0.1) is 10.1 Å². The minimum absolute atomic E-state index is 0.0688. The molecule has 0 unspecified atom stereocenters. The minimum Gasteiger partial charge on any atom is -0.462 e. The predicted molar refractivity (Wildman–Crippen MR) is 100 cm³/mol. The molecule has 2 aliphatic rings. The second-order valence-corrected chi connectivity index (χ2v) is 7.37. The Labute approximate surface area is 180 Å². The van der Waals surface area contributed by atoms with Gasteiger partial charge in [-0.3, -0.25) is 10.1 Å². The molecule has 2 saturated heterocycles. The molecule has 14 nitrogen and oxygen atoms in total. The van der Waals surface area contributed by atoms with Crippen LogP contribution < -0.4 is 4.74 Å². The predicted octanol–water partition coefficient (Wildman–Crippen LogP) is -3.40. The lowest BCUT2D eigenvalue weighted by atomic mass is 9.97. The van der Waals surface area contributed by atoms with E-state index in [1.165, 1.54) is 12.1 Å². The molecule has 0 radical (unpaired) electrons. The molecule has 0 saturated carbocycles. The summed E-state index contributed by atoms with van der Waals surface area (Å²) >= 11 is 0. The summed E-state index contributed by atoms with van der Waals surface area (Å²) in [7, 11) is 0. The first-order valence-electron chi connectivity index (χ1n) is 9.67. The van der Waals surface area contributed by atoms with Crippen LogP contribution in [0.5, 0.6) is 5.75 Å². The van der Waals surface area contributed by atoms with Crippen molar-refractivity contribution in [2.75, 3.05) is 13.2 Å². The van der Waals surface area contributed by atoms with Gasteiger partial charge in [0.2, 0.25) is 6.29 Å². The van der Waals surface area contributed by atoms with E-state index in [4.69, 9.17) is 18.9 Å². The Bertz CT molecular complexity index is 762. The summed E-state index contributed by atoms with van der Waals surface area (Å²) in [6.45, 7) is -1.42. The van der Waals surface area contributed by atoms with Crippen molar-refractivity contribution in [1.29, 1.82) is 0 Å². The van der Waals surface area contributed by atoms with Crippen molar-refractivity contribution in [1.82, 2.24) is 0 Å². The molecule has 0 bridgehead atoms. The van der Waals surface area contributed by atoms with Crippen LogP contribution >= 0.6 is 0 Å². The Kier molecular flexibility index (Phi) is 7.94. The van der Waals surface area contributed by atoms with Crippen molar-refractivity contribution in [3.05, 3.63) is 34.4 Å². The standard InChI is InChI=1S/C18H25NO13/c20-5-9-11(22)13(24)14(25)17(30-9)32-16-12(23)10(6-21)31-18(15(16)26)29-8-3-1-7(2-4-8)19(27)28/h1-4,9-18,20-26H,5-6H2/t9-,10-,11-,12-,13+,14+,15+,16+,17-,18+/m1/s1. The normalized spacial score (nSPS) is 40.1. The van der Waals surface area contributed by atoms with E-state index in [-0.39, 0.29) is 11.4 Å². The maximum atomic E-state index is 10.8. The van der Waals surface area contributed by atoms with E-state index in [1.54, 1.807) is 0 Å². The summed E-state index contributed by atoms with van der Waals surface area (Å²) in [6, 6.07) is 4.82. The van der Waals surface area contributed by atoms with Crippen LogP contribution in [0.25, 0.3) is 0 Å². The lowest BCUT2D eigenvalue weighted by Gasteiger charge is -2.45. The Hall–Kier alpha value is -1.98. The number of non-ortho nitro benzene ring substituents is 1. The number of aliphatic hydroxyl groups is 7. The third-order valence-electron chi connectivity index (χ3n) is 5.26. The minimum atomic E-state index is -1.79. The van der Waals surface area contributed by atoms with Gasteiger partial charge >= 0.3 is 0 Å². The summed E-state index contributed by atoms with van der Waals surface area (Å²) in [4.78, 5) is 10.2. The topological polar surface area (TPSA) is 222 Å². The number of rotatable bonds is 7. The largest absolute Gasteiger partial charge is 0.462 e. The number of ether oxygens (including phenoxy) is 4.